The number of pyridine rings is 1. The number of hydrogen-bond acceptors (Lipinski definition) is 4. The van der Waals surface area contributed by atoms with Crippen molar-refractivity contribution < 1.29 is 9.53 Å². The highest BCUT2D eigenvalue weighted by atomic mass is 16.6. The van der Waals surface area contributed by atoms with Crippen molar-refractivity contribution >= 4 is 11.9 Å². The summed E-state index contributed by atoms with van der Waals surface area (Å²) in [5, 5.41) is 3.38. The van der Waals surface area contributed by atoms with E-state index in [4.69, 9.17) is 4.74 Å². The van der Waals surface area contributed by atoms with E-state index in [-0.39, 0.29) is 12.1 Å². The molecule has 1 saturated heterocycles. The monoisotopic (exact) mass is 367 g/mol. The van der Waals surface area contributed by atoms with Gasteiger partial charge in [0.05, 0.1) is 6.04 Å². The van der Waals surface area contributed by atoms with Gasteiger partial charge in [-0.25, -0.2) is 9.78 Å². The van der Waals surface area contributed by atoms with Gasteiger partial charge in [-0.3, -0.25) is 0 Å². The van der Waals surface area contributed by atoms with Crippen LogP contribution in [-0.2, 0) is 11.3 Å². The van der Waals surface area contributed by atoms with Gasteiger partial charge < -0.3 is 15.0 Å². The van der Waals surface area contributed by atoms with Crippen LogP contribution < -0.4 is 5.32 Å². The molecule has 0 radical (unpaired) electrons. The van der Waals surface area contributed by atoms with E-state index in [2.05, 4.69) is 30.2 Å². The van der Waals surface area contributed by atoms with E-state index in [0.717, 1.165) is 49.2 Å². The molecule has 0 saturated carbocycles. The van der Waals surface area contributed by atoms with Crippen LogP contribution in [0.5, 0.6) is 0 Å². The first-order valence-corrected chi connectivity index (χ1v) is 9.87. The van der Waals surface area contributed by atoms with Crippen molar-refractivity contribution in [3.05, 3.63) is 59.8 Å². The van der Waals surface area contributed by atoms with E-state index in [1.165, 1.54) is 0 Å². The van der Waals surface area contributed by atoms with Crippen molar-refractivity contribution in [3.8, 4) is 0 Å². The number of piperidine rings is 1. The van der Waals surface area contributed by atoms with Crippen molar-refractivity contribution in [1.82, 2.24) is 9.88 Å². The lowest BCUT2D eigenvalue weighted by molar-refractivity contribution is 0.0678. The Balaban J connectivity index is 1.64. The standard InChI is InChI=1S/C22H29N3O2/c1-3-17(2)24-21-13-12-19(15-23-21)20-11-7-8-14-25(20)22(26)27-16-18-9-5-4-6-10-18/h4-6,9-10,12-13,15,17,20H,3,7-8,11,14,16H2,1-2H3,(H,23,24). The number of nitrogens with zero attached hydrogens (tertiary/aromatic N) is 2. The van der Waals surface area contributed by atoms with Crippen LogP contribution in [0.2, 0.25) is 0 Å². The van der Waals surface area contributed by atoms with Crippen LogP contribution >= 0.6 is 0 Å². The Morgan fingerprint density at radius 3 is 2.78 bits per heavy atom. The number of anilines is 1. The molecule has 2 aromatic rings. The number of ether oxygens (including phenoxy) is 1. The van der Waals surface area contributed by atoms with Gasteiger partial charge in [-0.15, -0.1) is 0 Å². The summed E-state index contributed by atoms with van der Waals surface area (Å²) in [5.41, 5.74) is 2.07. The van der Waals surface area contributed by atoms with Crippen LogP contribution in [0.4, 0.5) is 10.6 Å². The smallest absolute Gasteiger partial charge is 0.410 e. The van der Waals surface area contributed by atoms with E-state index < -0.39 is 0 Å². The van der Waals surface area contributed by atoms with Crippen molar-refractivity contribution in [2.75, 3.05) is 11.9 Å². The van der Waals surface area contributed by atoms with Crippen LogP contribution in [0.15, 0.2) is 48.7 Å². The molecule has 1 N–H and O–H groups in total. The maximum atomic E-state index is 12.7. The molecule has 27 heavy (non-hydrogen) atoms. The average molecular weight is 367 g/mol. The lowest BCUT2D eigenvalue weighted by atomic mass is 9.97. The Hall–Kier alpha value is -2.56. The summed E-state index contributed by atoms with van der Waals surface area (Å²) in [6.07, 6.45) is 5.76. The second-order valence-corrected chi connectivity index (χ2v) is 7.18. The summed E-state index contributed by atoms with van der Waals surface area (Å²) in [4.78, 5) is 19.1. The number of carbonyl (C=O) groups is 1. The fourth-order valence-electron chi connectivity index (χ4n) is 3.34. The zero-order chi connectivity index (χ0) is 19.1. The number of benzene rings is 1. The molecule has 3 rings (SSSR count). The maximum Gasteiger partial charge on any atom is 0.410 e. The molecule has 0 aliphatic carbocycles. The molecule has 1 amide bonds. The molecule has 5 nitrogen and oxygen atoms in total. The van der Waals surface area contributed by atoms with Crippen LogP contribution in [0, 0.1) is 0 Å². The van der Waals surface area contributed by atoms with E-state index in [0.29, 0.717) is 12.6 Å². The number of rotatable bonds is 6. The highest BCUT2D eigenvalue weighted by Gasteiger charge is 2.29. The second kappa shape index (κ2) is 9.40. The lowest BCUT2D eigenvalue weighted by Gasteiger charge is -2.35. The third-order valence-electron chi connectivity index (χ3n) is 5.12. The van der Waals surface area contributed by atoms with Crippen LogP contribution in [0.25, 0.3) is 0 Å². The molecule has 1 aliphatic rings. The topological polar surface area (TPSA) is 54.5 Å². The van der Waals surface area contributed by atoms with Gasteiger partial charge in [-0.05, 0) is 49.8 Å². The third kappa shape index (κ3) is 5.22. The maximum absolute atomic E-state index is 12.7. The van der Waals surface area contributed by atoms with Crippen molar-refractivity contribution in [1.29, 1.82) is 0 Å². The molecule has 2 unspecified atom stereocenters. The fraction of sp³-hybridized carbons (Fsp3) is 0.455. The highest BCUT2D eigenvalue weighted by molar-refractivity contribution is 5.68. The molecule has 0 spiro atoms. The first kappa shape index (κ1) is 19.2. The predicted molar refractivity (Wildman–Crippen MR) is 108 cm³/mol. The molecule has 144 valence electrons. The molecule has 2 atom stereocenters. The summed E-state index contributed by atoms with van der Waals surface area (Å²) in [6.45, 7) is 5.32. The molecule has 0 bridgehead atoms. The highest BCUT2D eigenvalue weighted by Crippen LogP contribution is 2.31. The van der Waals surface area contributed by atoms with Gasteiger partial charge in [0.25, 0.3) is 0 Å². The Kier molecular flexibility index (Phi) is 6.69. The quantitative estimate of drug-likeness (QED) is 0.766. The van der Waals surface area contributed by atoms with Crippen molar-refractivity contribution in [2.45, 2.75) is 58.2 Å². The number of carbonyl (C=O) groups excluding carboxylic acids is 1. The normalized spacial score (nSPS) is 18.0. The Labute approximate surface area is 161 Å². The first-order valence-electron chi connectivity index (χ1n) is 9.87. The zero-order valence-corrected chi connectivity index (χ0v) is 16.2. The lowest BCUT2D eigenvalue weighted by Crippen LogP contribution is -2.38. The second-order valence-electron chi connectivity index (χ2n) is 7.18. The molecule has 1 aromatic heterocycles. The van der Waals surface area contributed by atoms with Gasteiger partial charge >= 0.3 is 6.09 Å². The number of nitrogens with one attached hydrogen (secondary N) is 1. The van der Waals surface area contributed by atoms with Crippen molar-refractivity contribution in [2.24, 2.45) is 0 Å². The SMILES string of the molecule is CCC(C)Nc1ccc(C2CCCCN2C(=O)OCc2ccccc2)cn1. The molecule has 1 fully saturated rings. The predicted octanol–water partition coefficient (Wildman–Crippen LogP) is 5.16. The van der Waals surface area contributed by atoms with Gasteiger partial charge in [0.15, 0.2) is 0 Å². The van der Waals surface area contributed by atoms with Gasteiger partial charge in [0.1, 0.15) is 12.4 Å². The number of aromatic nitrogens is 1. The molecular formula is C22H29N3O2. The summed E-state index contributed by atoms with van der Waals surface area (Å²) in [6, 6.07) is 14.3. The molecule has 1 aromatic carbocycles. The molecular weight excluding hydrogens is 338 g/mol. The largest absolute Gasteiger partial charge is 0.445 e. The van der Waals surface area contributed by atoms with Gasteiger partial charge in [-0.1, -0.05) is 43.3 Å². The van der Waals surface area contributed by atoms with Crippen LogP contribution in [-0.4, -0.2) is 28.6 Å². The summed E-state index contributed by atoms with van der Waals surface area (Å²) in [5.74, 6) is 0.877. The van der Waals surface area contributed by atoms with E-state index in [1.807, 2.05) is 47.5 Å². The minimum atomic E-state index is -0.245. The van der Waals surface area contributed by atoms with Gasteiger partial charge in [0.2, 0.25) is 0 Å². The number of hydrogen-bond donors (Lipinski definition) is 1. The number of amides is 1. The molecule has 5 heteroatoms. The Bertz CT molecular complexity index is 718. The van der Waals surface area contributed by atoms with E-state index in [9.17, 15) is 4.79 Å². The molecule has 1 aliphatic heterocycles. The Morgan fingerprint density at radius 2 is 2.07 bits per heavy atom. The van der Waals surface area contributed by atoms with Crippen molar-refractivity contribution in [3.63, 3.8) is 0 Å². The third-order valence-corrected chi connectivity index (χ3v) is 5.12. The van der Waals surface area contributed by atoms with E-state index in [1.54, 1.807) is 0 Å². The summed E-state index contributed by atoms with van der Waals surface area (Å²) < 4.78 is 5.56. The minimum absolute atomic E-state index is 0.0344. The molecule has 2 heterocycles. The fourth-order valence-corrected chi connectivity index (χ4v) is 3.34. The first-order chi connectivity index (χ1) is 13.2. The summed E-state index contributed by atoms with van der Waals surface area (Å²) >= 11 is 0. The van der Waals surface area contributed by atoms with Crippen LogP contribution in [0.3, 0.4) is 0 Å². The average Bonchev–Trinajstić information content (AvgIpc) is 2.73. The van der Waals surface area contributed by atoms with Crippen LogP contribution in [0.1, 0.15) is 56.7 Å². The van der Waals surface area contributed by atoms with Gasteiger partial charge in [-0.2, -0.15) is 0 Å². The number of likely N-dealkylation sites (tertiary alicyclic amines) is 1. The zero-order valence-electron chi connectivity index (χ0n) is 16.2. The summed E-state index contributed by atoms with van der Waals surface area (Å²) in [7, 11) is 0. The minimum Gasteiger partial charge on any atom is -0.445 e. The van der Waals surface area contributed by atoms with Gasteiger partial charge in [0, 0.05) is 18.8 Å². The Morgan fingerprint density at radius 1 is 1.26 bits per heavy atom. The van der Waals surface area contributed by atoms with E-state index >= 15 is 0 Å².